The summed E-state index contributed by atoms with van der Waals surface area (Å²) in [7, 11) is 0. The average molecular weight is 449 g/mol. The predicted molar refractivity (Wildman–Crippen MR) is 121 cm³/mol. The largest absolute Gasteiger partial charge is 0.487 e. The number of carbonyl (C=O) groups is 2. The molecule has 1 aromatic rings. The lowest BCUT2D eigenvalue weighted by Crippen LogP contribution is -2.24. The molecule has 1 aromatic carbocycles. The third-order valence-electron chi connectivity index (χ3n) is 5.47. The molecule has 0 N–H and O–H groups in total. The predicted octanol–water partition coefficient (Wildman–Crippen LogP) is 6.17. The number of hydrogen-bond donors (Lipinski definition) is 0. The van der Waals surface area contributed by atoms with Gasteiger partial charge in [-0.05, 0) is 63.2 Å². The maximum absolute atomic E-state index is 14.3. The maximum atomic E-state index is 14.3. The number of ether oxygens (including phenoxy) is 2. The van der Waals surface area contributed by atoms with Crippen LogP contribution in [0.1, 0.15) is 52.9 Å². The van der Waals surface area contributed by atoms with Gasteiger partial charge in [-0.15, -0.1) is 0 Å². The fourth-order valence-electron chi connectivity index (χ4n) is 3.87. The van der Waals surface area contributed by atoms with Gasteiger partial charge in [0, 0.05) is 18.8 Å². The van der Waals surface area contributed by atoms with Crippen molar-refractivity contribution in [3.05, 3.63) is 54.6 Å². The van der Waals surface area contributed by atoms with Gasteiger partial charge in [0.2, 0.25) is 0 Å². The Balaban J connectivity index is 1.84. The highest BCUT2D eigenvalue weighted by Gasteiger charge is 2.38. The summed E-state index contributed by atoms with van der Waals surface area (Å²) < 4.78 is 38.9. The van der Waals surface area contributed by atoms with E-state index in [2.05, 4.69) is 0 Å². The first kappa shape index (κ1) is 25.8. The summed E-state index contributed by atoms with van der Waals surface area (Å²) in [5.74, 6) is -3.33. The molecular weight excluding hydrogens is 414 g/mol. The molecule has 176 valence electrons. The van der Waals surface area contributed by atoms with E-state index >= 15 is 0 Å². The topological polar surface area (TPSA) is 52.6 Å². The lowest BCUT2D eigenvalue weighted by molar-refractivity contribution is -0.147. The quantitative estimate of drug-likeness (QED) is 0.218. The molecule has 32 heavy (non-hydrogen) atoms. The number of benzene rings is 1. The first-order valence-electron chi connectivity index (χ1n) is 11.3. The zero-order valence-electron chi connectivity index (χ0n) is 19.1. The number of halogens is 2. The number of allylic oxidation sites excluding steroid dienone is 3. The Labute approximate surface area is 189 Å². The van der Waals surface area contributed by atoms with Crippen molar-refractivity contribution >= 4 is 11.8 Å². The number of esters is 1. The smallest absolute Gasteiger partial charge is 0.306 e. The van der Waals surface area contributed by atoms with Crippen molar-refractivity contribution in [2.45, 2.75) is 64.9 Å². The van der Waals surface area contributed by atoms with Gasteiger partial charge in [0.15, 0.2) is 6.61 Å². The van der Waals surface area contributed by atoms with Crippen LogP contribution >= 0.6 is 0 Å². The zero-order valence-corrected chi connectivity index (χ0v) is 19.1. The van der Waals surface area contributed by atoms with Crippen molar-refractivity contribution in [2.24, 2.45) is 17.8 Å². The third kappa shape index (κ3) is 8.93. The molecule has 1 aliphatic rings. The summed E-state index contributed by atoms with van der Waals surface area (Å²) in [6.07, 6.45) is 8.78. The molecule has 2 rings (SSSR count). The van der Waals surface area contributed by atoms with E-state index in [1.807, 2.05) is 32.9 Å². The molecule has 1 aliphatic carbocycles. The number of carbonyl (C=O) groups excluding carboxylic acids is 2. The minimum absolute atomic E-state index is 0.0220. The van der Waals surface area contributed by atoms with Gasteiger partial charge in [-0.1, -0.05) is 43.4 Å². The van der Waals surface area contributed by atoms with Gasteiger partial charge in [-0.2, -0.15) is 8.78 Å². The van der Waals surface area contributed by atoms with Crippen molar-refractivity contribution in [1.29, 1.82) is 0 Å². The molecule has 6 heteroatoms. The average Bonchev–Trinajstić information content (AvgIpc) is 3.00. The van der Waals surface area contributed by atoms with Crippen molar-refractivity contribution in [1.82, 2.24) is 0 Å². The second kappa shape index (κ2) is 12.5. The molecule has 1 saturated carbocycles. The molecule has 0 spiro atoms. The van der Waals surface area contributed by atoms with Crippen LogP contribution in [0.2, 0.25) is 0 Å². The number of ketones is 1. The minimum atomic E-state index is -3.12. The summed E-state index contributed by atoms with van der Waals surface area (Å²) in [6.45, 7) is 4.81. The van der Waals surface area contributed by atoms with Gasteiger partial charge in [0.25, 0.3) is 5.92 Å². The Morgan fingerprint density at radius 2 is 1.94 bits per heavy atom. The van der Waals surface area contributed by atoms with Crippen molar-refractivity contribution in [3.63, 3.8) is 0 Å². The van der Waals surface area contributed by atoms with Gasteiger partial charge in [-0.25, -0.2) is 0 Å². The third-order valence-corrected chi connectivity index (χ3v) is 5.47. The molecule has 3 atom stereocenters. The molecule has 0 aliphatic heterocycles. The van der Waals surface area contributed by atoms with E-state index < -0.39 is 12.5 Å². The first-order valence-corrected chi connectivity index (χ1v) is 11.3. The molecule has 0 radical (unpaired) electrons. The van der Waals surface area contributed by atoms with Gasteiger partial charge < -0.3 is 9.47 Å². The van der Waals surface area contributed by atoms with E-state index in [-0.39, 0.29) is 35.6 Å². The van der Waals surface area contributed by atoms with Gasteiger partial charge in [0.05, 0.1) is 6.10 Å². The van der Waals surface area contributed by atoms with E-state index in [0.717, 1.165) is 6.08 Å². The van der Waals surface area contributed by atoms with Crippen LogP contribution in [0, 0.1) is 17.8 Å². The molecule has 1 fully saturated rings. The van der Waals surface area contributed by atoms with E-state index in [1.54, 1.807) is 30.3 Å². The molecule has 0 heterocycles. The van der Waals surface area contributed by atoms with Crippen molar-refractivity contribution < 1.29 is 27.8 Å². The van der Waals surface area contributed by atoms with Crippen LogP contribution in [0.3, 0.4) is 0 Å². The molecule has 0 amide bonds. The summed E-state index contributed by atoms with van der Waals surface area (Å²) >= 11 is 0. The molecule has 0 aromatic heterocycles. The second-order valence-corrected chi connectivity index (χ2v) is 8.69. The second-order valence-electron chi connectivity index (χ2n) is 8.69. The Kier molecular flexibility index (Phi) is 10.1. The molecule has 4 nitrogen and oxygen atoms in total. The monoisotopic (exact) mass is 448 g/mol. The Morgan fingerprint density at radius 3 is 2.62 bits per heavy atom. The first-order chi connectivity index (χ1) is 15.2. The number of Topliss-reactive ketones (excluding diaryl/α,β-unsaturated/α-hetero) is 1. The highest BCUT2D eigenvalue weighted by Crippen LogP contribution is 2.38. The standard InChI is InChI=1S/C26H34F2O4/c1-19(2)32-25(30)14-10-5-4-9-13-23-22(20(3)17-24(23)29)15-16-26(27,28)18-31-21-11-7-6-8-12-21/h4,6-9,11-12,15-16,19-20,22-23H,5,10,13-14,17-18H2,1-3H3/b9-4-,16-15+/t20-,22+,23-/m1/s1. The summed E-state index contributed by atoms with van der Waals surface area (Å²) in [4.78, 5) is 23.9. The van der Waals surface area contributed by atoms with Crippen LogP contribution in [-0.2, 0) is 14.3 Å². The van der Waals surface area contributed by atoms with Crippen LogP contribution in [0.5, 0.6) is 5.75 Å². The maximum Gasteiger partial charge on any atom is 0.306 e. The van der Waals surface area contributed by atoms with Crippen LogP contribution in [0.25, 0.3) is 0 Å². The number of alkyl halides is 2. The summed E-state index contributed by atoms with van der Waals surface area (Å²) in [5.41, 5.74) is 0. The normalized spacial score (nSPS) is 21.7. The number of rotatable bonds is 12. The number of para-hydroxylation sites is 1. The van der Waals surface area contributed by atoms with Gasteiger partial charge in [0.1, 0.15) is 11.5 Å². The van der Waals surface area contributed by atoms with Gasteiger partial charge >= 0.3 is 5.97 Å². The Morgan fingerprint density at radius 1 is 1.22 bits per heavy atom. The Bertz CT molecular complexity index is 786. The van der Waals surface area contributed by atoms with Crippen LogP contribution in [0.4, 0.5) is 8.78 Å². The van der Waals surface area contributed by atoms with Crippen molar-refractivity contribution in [2.75, 3.05) is 6.61 Å². The highest BCUT2D eigenvalue weighted by molar-refractivity contribution is 5.84. The SMILES string of the molecule is CC(C)OC(=O)CCC/C=C\C[C@H]1C(=O)C[C@@H](C)[C@@H]1/C=C/C(F)(F)COc1ccccc1. The summed E-state index contributed by atoms with van der Waals surface area (Å²) in [6, 6.07) is 8.51. The van der Waals surface area contributed by atoms with E-state index in [1.165, 1.54) is 6.08 Å². The fourth-order valence-corrected chi connectivity index (χ4v) is 3.87. The zero-order chi connectivity index (χ0) is 23.6. The van der Waals surface area contributed by atoms with Crippen LogP contribution in [0.15, 0.2) is 54.6 Å². The lowest BCUT2D eigenvalue weighted by atomic mass is 9.87. The molecular formula is C26H34F2O4. The van der Waals surface area contributed by atoms with E-state index in [9.17, 15) is 18.4 Å². The molecule has 0 saturated heterocycles. The van der Waals surface area contributed by atoms with Gasteiger partial charge in [-0.3, -0.25) is 9.59 Å². The number of hydrogen-bond acceptors (Lipinski definition) is 4. The van der Waals surface area contributed by atoms with Crippen molar-refractivity contribution in [3.8, 4) is 5.75 Å². The van der Waals surface area contributed by atoms with E-state index in [0.29, 0.717) is 37.9 Å². The molecule has 0 bridgehead atoms. The van der Waals surface area contributed by atoms with E-state index in [4.69, 9.17) is 9.47 Å². The molecule has 0 unspecified atom stereocenters. The number of unbranched alkanes of at least 4 members (excludes halogenated alkanes) is 1. The highest BCUT2D eigenvalue weighted by atomic mass is 19.3. The summed E-state index contributed by atoms with van der Waals surface area (Å²) in [5, 5.41) is 0. The lowest BCUT2D eigenvalue weighted by Gasteiger charge is -2.19. The van der Waals surface area contributed by atoms with Crippen LogP contribution < -0.4 is 4.74 Å². The van der Waals surface area contributed by atoms with Crippen LogP contribution in [-0.4, -0.2) is 30.4 Å². The minimum Gasteiger partial charge on any atom is -0.487 e. The fraction of sp³-hybridized carbons (Fsp3) is 0.538. The Hall–Kier alpha value is -2.50.